The number of alkyl halides is 3. The summed E-state index contributed by atoms with van der Waals surface area (Å²) < 4.78 is 45.4. The number of aliphatic hydroxyl groups excluding tert-OH is 1. The van der Waals surface area contributed by atoms with E-state index in [2.05, 4.69) is 10.6 Å². The molecule has 0 bridgehead atoms. The van der Waals surface area contributed by atoms with Crippen LogP contribution in [-0.2, 0) is 12.7 Å². The van der Waals surface area contributed by atoms with Crippen LogP contribution in [0.2, 0.25) is 0 Å². The minimum Gasteiger partial charge on any atom is -0.488 e. The Morgan fingerprint density at radius 3 is 2.48 bits per heavy atom. The number of hydrogen-bond donors (Lipinski definition) is 3. The summed E-state index contributed by atoms with van der Waals surface area (Å²) in [7, 11) is 1.86. The van der Waals surface area contributed by atoms with Crippen LogP contribution in [0.15, 0.2) is 84.9 Å². The van der Waals surface area contributed by atoms with Gasteiger partial charge in [-0.2, -0.15) is 13.2 Å². The van der Waals surface area contributed by atoms with Gasteiger partial charge >= 0.3 is 12.2 Å². The monoisotopic (exact) mass is 634 g/mol. The number of amides is 3. The van der Waals surface area contributed by atoms with E-state index >= 15 is 0 Å². The lowest BCUT2D eigenvalue weighted by atomic mass is 9.99. The van der Waals surface area contributed by atoms with Gasteiger partial charge in [-0.15, -0.1) is 0 Å². The summed E-state index contributed by atoms with van der Waals surface area (Å²) in [6.45, 7) is 4.60. The zero-order chi connectivity index (χ0) is 33.0. The van der Waals surface area contributed by atoms with Crippen molar-refractivity contribution in [3.8, 4) is 5.75 Å². The maximum atomic E-state index is 13.8. The van der Waals surface area contributed by atoms with Crippen molar-refractivity contribution in [1.82, 2.24) is 9.80 Å². The van der Waals surface area contributed by atoms with E-state index in [9.17, 15) is 27.9 Å². The number of anilines is 2. The number of likely N-dealkylation sites (N-methyl/N-ethyl adjacent to an activating group) is 1. The van der Waals surface area contributed by atoms with Gasteiger partial charge in [-0.25, -0.2) is 4.79 Å². The zero-order valence-electron chi connectivity index (χ0n) is 25.8. The number of benzene rings is 4. The second kappa shape index (κ2) is 13.8. The molecule has 5 rings (SSSR count). The average molecular weight is 635 g/mol. The molecule has 0 saturated heterocycles. The molecule has 3 amide bonds. The Morgan fingerprint density at radius 1 is 1.04 bits per heavy atom. The van der Waals surface area contributed by atoms with Gasteiger partial charge in [0.1, 0.15) is 11.9 Å². The van der Waals surface area contributed by atoms with Crippen molar-refractivity contribution in [2.45, 2.75) is 38.7 Å². The van der Waals surface area contributed by atoms with Crippen LogP contribution < -0.4 is 15.4 Å². The Labute approximate surface area is 265 Å². The fourth-order valence-electron chi connectivity index (χ4n) is 5.62. The Bertz CT molecular complexity index is 1690. The van der Waals surface area contributed by atoms with Crippen LogP contribution >= 0.6 is 0 Å². The van der Waals surface area contributed by atoms with Gasteiger partial charge in [0.15, 0.2) is 0 Å². The lowest BCUT2D eigenvalue weighted by molar-refractivity contribution is -0.137. The van der Waals surface area contributed by atoms with E-state index in [1.807, 2.05) is 61.3 Å². The van der Waals surface area contributed by atoms with Gasteiger partial charge in [0.2, 0.25) is 0 Å². The number of ether oxygens (including phenoxy) is 1. The smallest absolute Gasteiger partial charge is 0.416 e. The van der Waals surface area contributed by atoms with E-state index in [1.54, 1.807) is 30.0 Å². The molecule has 8 nitrogen and oxygen atoms in total. The van der Waals surface area contributed by atoms with Crippen LogP contribution in [0.1, 0.15) is 35.3 Å². The second-order valence-corrected chi connectivity index (χ2v) is 11.8. The predicted molar refractivity (Wildman–Crippen MR) is 172 cm³/mol. The van der Waals surface area contributed by atoms with Crippen molar-refractivity contribution in [2.24, 2.45) is 5.92 Å². The normalized spacial score (nSPS) is 17.6. The molecule has 0 saturated carbocycles. The Kier molecular flexibility index (Phi) is 9.83. The highest BCUT2D eigenvalue weighted by Gasteiger charge is 2.34. The Hall–Kier alpha value is -4.61. The first-order valence-electron chi connectivity index (χ1n) is 15.1. The minimum absolute atomic E-state index is 0.148. The van der Waals surface area contributed by atoms with Crippen LogP contribution in [0.4, 0.5) is 29.3 Å². The second-order valence-electron chi connectivity index (χ2n) is 11.8. The van der Waals surface area contributed by atoms with E-state index in [-0.39, 0.29) is 24.0 Å². The quantitative estimate of drug-likeness (QED) is 0.197. The lowest BCUT2D eigenvalue weighted by Crippen LogP contribution is -2.49. The Morgan fingerprint density at radius 2 is 1.76 bits per heavy atom. The highest BCUT2D eigenvalue weighted by molar-refractivity contribution is 6.07. The van der Waals surface area contributed by atoms with Crippen LogP contribution in [0.25, 0.3) is 10.8 Å². The first kappa shape index (κ1) is 32.8. The molecule has 11 heteroatoms. The van der Waals surface area contributed by atoms with Crippen molar-refractivity contribution in [3.05, 3.63) is 102 Å². The van der Waals surface area contributed by atoms with E-state index in [4.69, 9.17) is 4.74 Å². The van der Waals surface area contributed by atoms with Crippen LogP contribution in [-0.4, -0.2) is 65.7 Å². The third kappa shape index (κ3) is 7.60. The van der Waals surface area contributed by atoms with Gasteiger partial charge in [0, 0.05) is 36.6 Å². The predicted octanol–water partition coefficient (Wildman–Crippen LogP) is 6.85. The van der Waals surface area contributed by atoms with E-state index in [0.717, 1.165) is 28.5 Å². The van der Waals surface area contributed by atoms with Gasteiger partial charge in [0.25, 0.3) is 5.91 Å². The van der Waals surface area contributed by atoms with Crippen LogP contribution in [0, 0.1) is 5.92 Å². The molecular formula is C35H37F3N4O4. The highest BCUT2D eigenvalue weighted by atomic mass is 19.4. The summed E-state index contributed by atoms with van der Waals surface area (Å²) in [6.07, 6.45) is -4.79. The summed E-state index contributed by atoms with van der Waals surface area (Å²) in [6, 6.07) is 22.3. The average Bonchev–Trinajstić information content (AvgIpc) is 3.02. The molecule has 3 atom stereocenters. The number of fused-ring (bicyclic) bond motifs is 2. The summed E-state index contributed by atoms with van der Waals surface area (Å²) in [5.41, 5.74) is 1.29. The molecule has 0 radical (unpaired) electrons. The largest absolute Gasteiger partial charge is 0.488 e. The van der Waals surface area contributed by atoms with Gasteiger partial charge in [-0.05, 0) is 61.3 Å². The Balaban J connectivity index is 1.35. The number of urea groups is 1. The van der Waals surface area contributed by atoms with Crippen molar-refractivity contribution in [2.75, 3.05) is 37.4 Å². The third-order valence-electron chi connectivity index (χ3n) is 8.19. The van der Waals surface area contributed by atoms with Gasteiger partial charge in [0.05, 0.1) is 29.5 Å². The third-order valence-corrected chi connectivity index (χ3v) is 8.19. The standard InChI is InChI=1S/C35H37F3N4O4/c1-22-18-42(23(2)21-43)33(44)29-17-27(39-34(45)40-30-10-6-8-25-7-4-5-9-28(25)30)15-16-31(29)46-32(22)20-41(3)19-24-11-13-26(14-12-24)35(36,37)38/h4-17,22-23,32,43H,18-21H2,1-3H3,(H2,39,40,45)/t22-,23+,32+/m1/s1. The highest BCUT2D eigenvalue weighted by Crippen LogP contribution is 2.32. The molecule has 1 aliphatic heterocycles. The number of carbonyl (C=O) groups is 2. The van der Waals surface area contributed by atoms with Gasteiger partial charge < -0.3 is 25.4 Å². The molecule has 0 spiro atoms. The van der Waals surface area contributed by atoms with Crippen LogP contribution in [0.5, 0.6) is 5.75 Å². The molecule has 4 aromatic rings. The number of halogens is 3. The molecule has 242 valence electrons. The lowest BCUT2D eigenvalue weighted by Gasteiger charge is -2.38. The molecule has 0 aliphatic carbocycles. The molecule has 0 fully saturated rings. The van der Waals surface area contributed by atoms with E-state index in [0.29, 0.717) is 36.8 Å². The van der Waals surface area contributed by atoms with Crippen molar-refractivity contribution in [1.29, 1.82) is 0 Å². The summed E-state index contributed by atoms with van der Waals surface area (Å²) in [5, 5.41) is 17.5. The van der Waals surface area contributed by atoms with Gasteiger partial charge in [-0.1, -0.05) is 55.5 Å². The zero-order valence-corrected chi connectivity index (χ0v) is 25.8. The fraction of sp³-hybridized carbons (Fsp3) is 0.314. The maximum absolute atomic E-state index is 13.8. The molecule has 0 unspecified atom stereocenters. The van der Waals surface area contributed by atoms with Crippen LogP contribution in [0.3, 0.4) is 0 Å². The molecule has 3 N–H and O–H groups in total. The summed E-state index contributed by atoms with van der Waals surface area (Å²) in [4.78, 5) is 30.4. The molecule has 1 heterocycles. The molecular weight excluding hydrogens is 597 g/mol. The number of rotatable bonds is 8. The van der Waals surface area contributed by atoms with Gasteiger partial charge in [-0.3, -0.25) is 9.69 Å². The summed E-state index contributed by atoms with van der Waals surface area (Å²) in [5.74, 6) is -0.150. The van der Waals surface area contributed by atoms with E-state index in [1.165, 1.54) is 12.1 Å². The first-order valence-corrected chi connectivity index (χ1v) is 15.1. The van der Waals surface area contributed by atoms with Crippen molar-refractivity contribution < 1.29 is 32.6 Å². The fourth-order valence-corrected chi connectivity index (χ4v) is 5.62. The number of carbonyl (C=O) groups excluding carboxylic acids is 2. The summed E-state index contributed by atoms with van der Waals surface area (Å²) >= 11 is 0. The maximum Gasteiger partial charge on any atom is 0.416 e. The molecule has 4 aromatic carbocycles. The van der Waals surface area contributed by atoms with Crippen molar-refractivity contribution in [3.63, 3.8) is 0 Å². The van der Waals surface area contributed by atoms with Crippen molar-refractivity contribution >= 4 is 34.1 Å². The number of nitrogens with one attached hydrogen (secondary N) is 2. The number of aliphatic hydroxyl groups is 1. The minimum atomic E-state index is -4.40. The van der Waals surface area contributed by atoms with E-state index < -0.39 is 29.9 Å². The first-order chi connectivity index (χ1) is 21.9. The number of nitrogens with zero attached hydrogens (tertiary/aromatic N) is 2. The molecule has 1 aliphatic rings. The topological polar surface area (TPSA) is 94.1 Å². The molecule has 0 aromatic heterocycles. The SMILES string of the molecule is C[C@@H]1CN([C@@H](C)CO)C(=O)c2cc(NC(=O)Nc3cccc4ccccc34)ccc2O[C@H]1CN(C)Cc1ccc(C(F)(F)F)cc1. The number of hydrogen-bond acceptors (Lipinski definition) is 5. The molecule has 46 heavy (non-hydrogen) atoms.